The number of rotatable bonds is 4. The van der Waals surface area contributed by atoms with Gasteiger partial charge < -0.3 is 10.5 Å². The van der Waals surface area contributed by atoms with E-state index >= 15 is 0 Å². The molecule has 0 spiro atoms. The molecule has 0 atom stereocenters. The van der Waals surface area contributed by atoms with Crippen LogP contribution < -0.4 is 11.1 Å². The lowest BCUT2D eigenvalue weighted by Gasteiger charge is -2.03. The highest BCUT2D eigenvalue weighted by Crippen LogP contribution is 2.05. The normalized spacial score (nSPS) is 9.89. The van der Waals surface area contributed by atoms with Gasteiger partial charge in [0.05, 0.1) is 12.3 Å². The van der Waals surface area contributed by atoms with Crippen molar-refractivity contribution in [3.63, 3.8) is 0 Å². The van der Waals surface area contributed by atoms with Crippen LogP contribution in [0, 0.1) is 6.92 Å². The Bertz CT molecular complexity index is 481. The number of urea groups is 1. The zero-order valence-electron chi connectivity index (χ0n) is 9.97. The topological polar surface area (TPSA) is 129 Å². The second-order valence-corrected chi connectivity index (χ2v) is 3.31. The molecule has 18 heavy (non-hydrogen) atoms. The van der Waals surface area contributed by atoms with E-state index in [0.29, 0.717) is 5.69 Å². The van der Waals surface area contributed by atoms with E-state index < -0.39 is 17.9 Å². The van der Waals surface area contributed by atoms with Crippen LogP contribution in [0.3, 0.4) is 0 Å². The highest BCUT2D eigenvalue weighted by Gasteiger charge is 2.18. The largest absolute Gasteiger partial charge is 0.461 e. The Balaban J connectivity index is 2.77. The van der Waals surface area contributed by atoms with Crippen LogP contribution in [0.4, 0.5) is 4.79 Å². The number of primary amides is 1. The maximum atomic E-state index is 11.4. The van der Waals surface area contributed by atoms with Gasteiger partial charge in [-0.05, 0) is 13.8 Å². The van der Waals surface area contributed by atoms with Crippen LogP contribution in [0.5, 0.6) is 0 Å². The number of imide groups is 1. The molecule has 0 aliphatic rings. The standard InChI is InChI=1S/C9H13N5O4/c1-3-18-8(16)7-5(2)14(13-12-7)4-6(15)11-9(10)17/h3-4H2,1-2H3,(H3,10,11,15,17). The highest BCUT2D eigenvalue weighted by atomic mass is 16.5. The summed E-state index contributed by atoms with van der Waals surface area (Å²) >= 11 is 0. The van der Waals surface area contributed by atoms with E-state index in [4.69, 9.17) is 10.5 Å². The number of ether oxygens (including phenoxy) is 1. The fraction of sp³-hybridized carbons (Fsp3) is 0.444. The number of nitrogens with zero attached hydrogens (tertiary/aromatic N) is 3. The summed E-state index contributed by atoms with van der Waals surface area (Å²) in [4.78, 5) is 33.1. The molecule has 0 saturated carbocycles. The number of esters is 1. The summed E-state index contributed by atoms with van der Waals surface area (Å²) in [6, 6.07) is -0.955. The van der Waals surface area contributed by atoms with Crippen molar-refractivity contribution in [2.75, 3.05) is 6.61 Å². The number of aromatic nitrogens is 3. The maximum Gasteiger partial charge on any atom is 0.360 e. The molecule has 0 aliphatic carbocycles. The van der Waals surface area contributed by atoms with E-state index in [1.807, 2.05) is 5.32 Å². The molecule has 98 valence electrons. The van der Waals surface area contributed by atoms with Crippen LogP contribution >= 0.6 is 0 Å². The smallest absolute Gasteiger partial charge is 0.360 e. The van der Waals surface area contributed by atoms with Gasteiger partial charge in [-0.15, -0.1) is 5.10 Å². The van der Waals surface area contributed by atoms with Crippen molar-refractivity contribution in [2.24, 2.45) is 5.73 Å². The Morgan fingerprint density at radius 1 is 1.44 bits per heavy atom. The van der Waals surface area contributed by atoms with Gasteiger partial charge in [0, 0.05) is 0 Å². The van der Waals surface area contributed by atoms with Crippen LogP contribution in [-0.2, 0) is 16.1 Å². The lowest BCUT2D eigenvalue weighted by Crippen LogP contribution is -2.37. The van der Waals surface area contributed by atoms with E-state index in [2.05, 4.69) is 10.3 Å². The van der Waals surface area contributed by atoms with Crippen LogP contribution in [0.15, 0.2) is 0 Å². The van der Waals surface area contributed by atoms with E-state index in [1.165, 1.54) is 4.68 Å². The van der Waals surface area contributed by atoms with Gasteiger partial charge in [-0.25, -0.2) is 14.3 Å². The lowest BCUT2D eigenvalue weighted by molar-refractivity contribution is -0.120. The van der Waals surface area contributed by atoms with Gasteiger partial charge in [-0.1, -0.05) is 5.21 Å². The van der Waals surface area contributed by atoms with Crippen molar-refractivity contribution in [2.45, 2.75) is 20.4 Å². The van der Waals surface area contributed by atoms with Gasteiger partial charge in [0.25, 0.3) is 0 Å². The molecule has 3 amide bonds. The van der Waals surface area contributed by atoms with E-state index in [-0.39, 0.29) is 18.8 Å². The molecular formula is C9H13N5O4. The second kappa shape index (κ2) is 5.75. The van der Waals surface area contributed by atoms with Crippen molar-refractivity contribution >= 4 is 17.9 Å². The summed E-state index contributed by atoms with van der Waals surface area (Å²) in [6.07, 6.45) is 0. The zero-order chi connectivity index (χ0) is 13.7. The first-order valence-electron chi connectivity index (χ1n) is 5.12. The number of hydrogen-bond acceptors (Lipinski definition) is 6. The number of carbonyl (C=O) groups is 3. The first kappa shape index (κ1) is 13.6. The van der Waals surface area contributed by atoms with Gasteiger partial charge in [-0.3, -0.25) is 10.1 Å². The minimum Gasteiger partial charge on any atom is -0.461 e. The third-order valence-electron chi connectivity index (χ3n) is 2.01. The highest BCUT2D eigenvalue weighted by molar-refractivity contribution is 5.93. The molecule has 0 radical (unpaired) electrons. The van der Waals surface area contributed by atoms with Crippen molar-refractivity contribution in [1.82, 2.24) is 20.3 Å². The quantitative estimate of drug-likeness (QED) is 0.661. The zero-order valence-corrected chi connectivity index (χ0v) is 9.97. The number of amides is 3. The summed E-state index contributed by atoms with van der Waals surface area (Å²) in [5.74, 6) is -1.26. The number of nitrogens with one attached hydrogen (secondary N) is 1. The fourth-order valence-electron chi connectivity index (χ4n) is 1.21. The Morgan fingerprint density at radius 2 is 2.11 bits per heavy atom. The average Bonchev–Trinajstić information content (AvgIpc) is 2.59. The van der Waals surface area contributed by atoms with E-state index in [1.54, 1.807) is 13.8 Å². The van der Waals surface area contributed by atoms with Gasteiger partial charge in [0.1, 0.15) is 6.54 Å². The van der Waals surface area contributed by atoms with Gasteiger partial charge in [-0.2, -0.15) is 0 Å². The Morgan fingerprint density at radius 3 is 2.67 bits per heavy atom. The van der Waals surface area contributed by atoms with Crippen molar-refractivity contribution in [1.29, 1.82) is 0 Å². The summed E-state index contributed by atoms with van der Waals surface area (Å²) < 4.78 is 5.93. The summed E-state index contributed by atoms with van der Waals surface area (Å²) in [7, 11) is 0. The Labute approximate surface area is 102 Å². The van der Waals surface area contributed by atoms with Crippen LogP contribution in [0.1, 0.15) is 23.1 Å². The lowest BCUT2D eigenvalue weighted by atomic mass is 10.3. The molecular weight excluding hydrogens is 242 g/mol. The number of carbonyl (C=O) groups excluding carboxylic acids is 3. The maximum absolute atomic E-state index is 11.4. The van der Waals surface area contributed by atoms with E-state index in [9.17, 15) is 14.4 Å². The van der Waals surface area contributed by atoms with Crippen LogP contribution in [-0.4, -0.2) is 39.5 Å². The Hall–Kier alpha value is -2.45. The van der Waals surface area contributed by atoms with Crippen LogP contribution in [0.25, 0.3) is 0 Å². The molecule has 1 aromatic heterocycles. The van der Waals surface area contributed by atoms with Gasteiger partial charge >= 0.3 is 12.0 Å². The summed E-state index contributed by atoms with van der Waals surface area (Å²) in [6.45, 7) is 3.18. The molecule has 0 bridgehead atoms. The molecule has 0 unspecified atom stereocenters. The molecule has 1 rings (SSSR count). The first-order valence-corrected chi connectivity index (χ1v) is 5.12. The molecule has 0 aliphatic heterocycles. The molecule has 0 aromatic carbocycles. The number of nitrogens with two attached hydrogens (primary N) is 1. The molecule has 9 nitrogen and oxygen atoms in total. The van der Waals surface area contributed by atoms with Crippen LogP contribution in [0.2, 0.25) is 0 Å². The van der Waals surface area contributed by atoms with Gasteiger partial charge in [0.2, 0.25) is 5.91 Å². The molecule has 1 heterocycles. The minimum absolute atomic E-state index is 0.0312. The Kier molecular flexibility index (Phi) is 4.35. The van der Waals surface area contributed by atoms with Crippen molar-refractivity contribution in [3.8, 4) is 0 Å². The molecule has 0 fully saturated rings. The third-order valence-corrected chi connectivity index (χ3v) is 2.01. The summed E-state index contributed by atoms with van der Waals surface area (Å²) in [5, 5.41) is 9.11. The average molecular weight is 255 g/mol. The van der Waals surface area contributed by atoms with E-state index in [0.717, 1.165) is 0 Å². The predicted octanol–water partition coefficient (Wildman–Crippen LogP) is -1.04. The fourth-order valence-corrected chi connectivity index (χ4v) is 1.21. The number of hydrogen-bond donors (Lipinski definition) is 2. The molecule has 1 aromatic rings. The second-order valence-electron chi connectivity index (χ2n) is 3.31. The first-order chi connectivity index (χ1) is 8.45. The SMILES string of the molecule is CCOC(=O)c1nnn(CC(=O)NC(N)=O)c1C. The predicted molar refractivity (Wildman–Crippen MR) is 58.4 cm³/mol. The summed E-state index contributed by atoms with van der Waals surface area (Å²) in [5.41, 5.74) is 5.19. The minimum atomic E-state index is -0.955. The monoisotopic (exact) mass is 255 g/mol. The van der Waals surface area contributed by atoms with Crippen molar-refractivity contribution in [3.05, 3.63) is 11.4 Å². The molecule has 9 heteroatoms. The van der Waals surface area contributed by atoms with Crippen molar-refractivity contribution < 1.29 is 19.1 Å². The third kappa shape index (κ3) is 3.27. The molecule has 3 N–H and O–H groups in total. The molecule has 0 saturated heterocycles. The van der Waals surface area contributed by atoms with Gasteiger partial charge in [0.15, 0.2) is 5.69 Å².